The summed E-state index contributed by atoms with van der Waals surface area (Å²) in [7, 11) is 0. The fourth-order valence-electron chi connectivity index (χ4n) is 2.10. The summed E-state index contributed by atoms with van der Waals surface area (Å²) in [6, 6.07) is 5.04. The van der Waals surface area contributed by atoms with Crippen LogP contribution >= 0.6 is 0 Å². The Morgan fingerprint density at radius 3 is 2.67 bits per heavy atom. The zero-order valence-corrected chi connectivity index (χ0v) is 13.3. The Morgan fingerprint density at radius 2 is 2.10 bits per heavy atom. The van der Waals surface area contributed by atoms with Crippen LogP contribution in [0.3, 0.4) is 0 Å². The first kappa shape index (κ1) is 17.3. The summed E-state index contributed by atoms with van der Waals surface area (Å²) in [4.78, 5) is 12.0. The largest absolute Gasteiger partial charge is 0.492 e. The molecule has 0 aliphatic carbocycles. The number of rotatable bonds is 7. The third-order valence-electron chi connectivity index (χ3n) is 3.00. The summed E-state index contributed by atoms with van der Waals surface area (Å²) in [6.07, 6.45) is 0.732. The number of hydrogen-bond donors (Lipinski definition) is 3. The summed E-state index contributed by atoms with van der Waals surface area (Å²) >= 11 is 0. The molecule has 0 spiro atoms. The number of ether oxygens (including phenoxy) is 1. The molecule has 0 bridgehead atoms. The van der Waals surface area contributed by atoms with Gasteiger partial charge in [-0.05, 0) is 43.9 Å². The lowest BCUT2D eigenvalue weighted by Crippen LogP contribution is -2.41. The molecule has 2 amide bonds. The standard InChI is InChI=1S/C16H26N2O3/c1-5-21-15-9-12(4)6-7-14(15)18-16(20)17-13(10-19)8-11(2)3/h6-7,9,11,13,19H,5,8,10H2,1-4H3,(H2,17,18,20). The molecule has 3 N–H and O–H groups in total. The second-order valence-corrected chi connectivity index (χ2v) is 5.54. The predicted molar refractivity (Wildman–Crippen MR) is 84.8 cm³/mol. The van der Waals surface area contributed by atoms with E-state index in [1.54, 1.807) is 0 Å². The minimum absolute atomic E-state index is 0.0716. The van der Waals surface area contributed by atoms with Crippen molar-refractivity contribution in [2.24, 2.45) is 5.92 Å². The molecule has 0 aliphatic heterocycles. The van der Waals surface area contributed by atoms with Crippen LogP contribution in [-0.4, -0.2) is 30.4 Å². The molecule has 5 nitrogen and oxygen atoms in total. The first-order valence-corrected chi connectivity index (χ1v) is 7.38. The lowest BCUT2D eigenvalue weighted by Gasteiger charge is -2.19. The molecule has 1 aromatic rings. The Kier molecular flexibility index (Phi) is 7.02. The molecule has 1 aromatic carbocycles. The quantitative estimate of drug-likeness (QED) is 0.724. The average Bonchev–Trinajstić information content (AvgIpc) is 2.41. The highest BCUT2D eigenvalue weighted by atomic mass is 16.5. The molecule has 0 saturated heterocycles. The smallest absolute Gasteiger partial charge is 0.319 e. The van der Waals surface area contributed by atoms with Crippen LogP contribution in [0.25, 0.3) is 0 Å². The number of carbonyl (C=O) groups excluding carboxylic acids is 1. The van der Waals surface area contributed by atoms with Gasteiger partial charge in [-0.3, -0.25) is 0 Å². The van der Waals surface area contributed by atoms with E-state index in [4.69, 9.17) is 4.74 Å². The SMILES string of the molecule is CCOc1cc(C)ccc1NC(=O)NC(CO)CC(C)C. The molecule has 118 valence electrons. The number of benzene rings is 1. The molecule has 5 heteroatoms. The number of urea groups is 1. The number of anilines is 1. The van der Waals surface area contributed by atoms with E-state index in [9.17, 15) is 9.90 Å². The summed E-state index contributed by atoms with van der Waals surface area (Å²) in [5, 5.41) is 14.8. The summed E-state index contributed by atoms with van der Waals surface area (Å²) in [6.45, 7) is 8.43. The van der Waals surface area contributed by atoms with Crippen molar-refractivity contribution < 1.29 is 14.6 Å². The maximum atomic E-state index is 12.0. The van der Waals surface area contributed by atoms with Crippen LogP contribution in [0.1, 0.15) is 32.8 Å². The van der Waals surface area contributed by atoms with E-state index in [0.717, 1.165) is 12.0 Å². The van der Waals surface area contributed by atoms with Crippen molar-refractivity contribution in [3.8, 4) is 5.75 Å². The normalized spacial score (nSPS) is 12.1. The van der Waals surface area contributed by atoms with Gasteiger partial charge in [0, 0.05) is 0 Å². The Hall–Kier alpha value is -1.75. The first-order chi connectivity index (χ1) is 9.96. The van der Waals surface area contributed by atoms with Crippen LogP contribution < -0.4 is 15.4 Å². The molecule has 0 saturated carbocycles. The highest BCUT2D eigenvalue weighted by Crippen LogP contribution is 2.25. The monoisotopic (exact) mass is 294 g/mol. The van der Waals surface area contributed by atoms with E-state index in [2.05, 4.69) is 24.5 Å². The van der Waals surface area contributed by atoms with Crippen molar-refractivity contribution in [3.05, 3.63) is 23.8 Å². The van der Waals surface area contributed by atoms with E-state index >= 15 is 0 Å². The van der Waals surface area contributed by atoms with Gasteiger partial charge in [-0.25, -0.2) is 4.79 Å². The lowest BCUT2D eigenvalue weighted by molar-refractivity contribution is 0.214. The van der Waals surface area contributed by atoms with E-state index < -0.39 is 0 Å². The molecule has 0 aliphatic rings. The number of aryl methyl sites for hydroxylation is 1. The highest BCUT2D eigenvalue weighted by Gasteiger charge is 2.14. The Labute approximate surface area is 126 Å². The lowest BCUT2D eigenvalue weighted by atomic mass is 10.0. The topological polar surface area (TPSA) is 70.6 Å². The van der Waals surface area contributed by atoms with Crippen molar-refractivity contribution in [1.29, 1.82) is 0 Å². The van der Waals surface area contributed by atoms with Gasteiger partial charge in [0.15, 0.2) is 0 Å². The Morgan fingerprint density at radius 1 is 1.38 bits per heavy atom. The molecule has 21 heavy (non-hydrogen) atoms. The molecule has 1 unspecified atom stereocenters. The van der Waals surface area contributed by atoms with Gasteiger partial charge < -0.3 is 20.5 Å². The van der Waals surface area contributed by atoms with Gasteiger partial charge in [0.2, 0.25) is 0 Å². The molecular weight excluding hydrogens is 268 g/mol. The van der Waals surface area contributed by atoms with Crippen LogP contribution in [0.2, 0.25) is 0 Å². The number of nitrogens with one attached hydrogen (secondary N) is 2. The van der Waals surface area contributed by atoms with Gasteiger partial charge in [0.1, 0.15) is 5.75 Å². The molecule has 0 heterocycles. The Balaban J connectivity index is 2.69. The number of carbonyl (C=O) groups is 1. The third-order valence-corrected chi connectivity index (χ3v) is 3.00. The van der Waals surface area contributed by atoms with Crippen molar-refractivity contribution in [2.75, 3.05) is 18.5 Å². The van der Waals surface area contributed by atoms with E-state index in [1.165, 1.54) is 0 Å². The summed E-state index contributed by atoms with van der Waals surface area (Å²) < 4.78 is 5.52. The minimum Gasteiger partial charge on any atom is -0.492 e. The highest BCUT2D eigenvalue weighted by molar-refractivity contribution is 5.91. The number of aliphatic hydroxyl groups is 1. The van der Waals surface area contributed by atoms with Crippen LogP contribution in [0.5, 0.6) is 5.75 Å². The fourth-order valence-corrected chi connectivity index (χ4v) is 2.10. The third kappa shape index (κ3) is 6.04. The maximum Gasteiger partial charge on any atom is 0.319 e. The van der Waals surface area contributed by atoms with Crippen LogP contribution in [0.15, 0.2) is 18.2 Å². The van der Waals surface area contributed by atoms with Gasteiger partial charge in [0.25, 0.3) is 0 Å². The fraction of sp³-hybridized carbons (Fsp3) is 0.562. The van der Waals surface area contributed by atoms with Crippen molar-refractivity contribution >= 4 is 11.7 Å². The van der Waals surface area contributed by atoms with Crippen LogP contribution in [0.4, 0.5) is 10.5 Å². The minimum atomic E-state index is -0.334. The van der Waals surface area contributed by atoms with Crippen molar-refractivity contribution in [3.63, 3.8) is 0 Å². The van der Waals surface area contributed by atoms with E-state index in [-0.39, 0.29) is 18.7 Å². The maximum absolute atomic E-state index is 12.0. The zero-order chi connectivity index (χ0) is 15.8. The molecule has 0 radical (unpaired) electrons. The summed E-state index contributed by atoms with van der Waals surface area (Å²) in [5.74, 6) is 1.05. The van der Waals surface area contributed by atoms with Gasteiger partial charge >= 0.3 is 6.03 Å². The van der Waals surface area contributed by atoms with Gasteiger partial charge in [-0.1, -0.05) is 19.9 Å². The zero-order valence-electron chi connectivity index (χ0n) is 13.3. The van der Waals surface area contributed by atoms with Gasteiger partial charge in [0.05, 0.1) is 24.9 Å². The first-order valence-electron chi connectivity index (χ1n) is 7.38. The summed E-state index contributed by atoms with van der Waals surface area (Å²) in [5.41, 5.74) is 1.69. The van der Waals surface area contributed by atoms with Crippen molar-refractivity contribution in [2.45, 2.75) is 40.2 Å². The van der Waals surface area contributed by atoms with Gasteiger partial charge in [-0.15, -0.1) is 0 Å². The van der Waals surface area contributed by atoms with Crippen LogP contribution in [-0.2, 0) is 0 Å². The molecular formula is C16H26N2O3. The second kappa shape index (κ2) is 8.52. The van der Waals surface area contributed by atoms with E-state index in [0.29, 0.717) is 24.0 Å². The van der Waals surface area contributed by atoms with Crippen LogP contribution in [0, 0.1) is 12.8 Å². The second-order valence-electron chi connectivity index (χ2n) is 5.54. The molecule has 1 rings (SSSR count). The number of aliphatic hydroxyl groups excluding tert-OH is 1. The predicted octanol–water partition coefficient (Wildman–Crippen LogP) is 2.92. The molecule has 0 aromatic heterocycles. The van der Waals surface area contributed by atoms with E-state index in [1.807, 2.05) is 32.0 Å². The molecule has 0 fully saturated rings. The Bertz CT molecular complexity index is 461. The van der Waals surface area contributed by atoms with Gasteiger partial charge in [-0.2, -0.15) is 0 Å². The molecule has 1 atom stereocenters. The average molecular weight is 294 g/mol. The number of hydrogen-bond acceptors (Lipinski definition) is 3. The number of amides is 2. The van der Waals surface area contributed by atoms with Crippen molar-refractivity contribution in [1.82, 2.24) is 5.32 Å².